The Morgan fingerprint density at radius 2 is 1.62 bits per heavy atom. The first-order chi connectivity index (χ1) is 9.44. The van der Waals surface area contributed by atoms with Crippen LogP contribution < -0.4 is 5.73 Å². The van der Waals surface area contributed by atoms with E-state index in [1.54, 1.807) is 4.31 Å². The van der Waals surface area contributed by atoms with Gasteiger partial charge >= 0.3 is 0 Å². The second-order valence-corrected chi connectivity index (χ2v) is 9.42. The quantitative estimate of drug-likeness (QED) is 0.806. The van der Waals surface area contributed by atoms with Crippen molar-refractivity contribution in [3.63, 3.8) is 0 Å². The number of sulfonamides is 1. The predicted molar refractivity (Wildman–Crippen MR) is 83.6 cm³/mol. The molecule has 0 amide bonds. The van der Waals surface area contributed by atoms with E-state index in [9.17, 15) is 8.42 Å². The van der Waals surface area contributed by atoms with Crippen LogP contribution in [0.1, 0.15) is 34.1 Å². The summed E-state index contributed by atoms with van der Waals surface area (Å²) in [4.78, 5) is 2.34. The molecule has 6 nitrogen and oxygen atoms in total. The number of hydrogen-bond donors (Lipinski definition) is 1. The summed E-state index contributed by atoms with van der Waals surface area (Å²) in [7, 11) is -3.11. The minimum atomic E-state index is -3.11. The molecular formula is C14H29N3O3S. The molecule has 124 valence electrons. The summed E-state index contributed by atoms with van der Waals surface area (Å²) in [5.74, 6) is 0. The zero-order chi connectivity index (χ0) is 16.1. The van der Waals surface area contributed by atoms with Gasteiger partial charge in [0.25, 0.3) is 0 Å². The lowest BCUT2D eigenvalue weighted by atomic mass is 9.77. The highest BCUT2D eigenvalue weighted by molar-refractivity contribution is 7.88. The highest BCUT2D eigenvalue weighted by Crippen LogP contribution is 2.48. The average Bonchev–Trinajstić information content (AvgIpc) is 2.53. The van der Waals surface area contributed by atoms with Crippen molar-refractivity contribution in [1.82, 2.24) is 9.21 Å². The predicted octanol–water partition coefficient (Wildman–Crippen LogP) is 0.239. The molecule has 0 spiro atoms. The van der Waals surface area contributed by atoms with Crippen LogP contribution in [-0.2, 0) is 14.8 Å². The van der Waals surface area contributed by atoms with Crippen molar-refractivity contribution in [1.29, 1.82) is 0 Å². The second kappa shape index (κ2) is 5.16. The average molecular weight is 319 g/mol. The number of nitrogens with two attached hydrogens (primary N) is 1. The van der Waals surface area contributed by atoms with Gasteiger partial charge in [-0.3, -0.25) is 4.90 Å². The van der Waals surface area contributed by atoms with Crippen molar-refractivity contribution in [3.8, 4) is 0 Å². The summed E-state index contributed by atoms with van der Waals surface area (Å²) in [6, 6.07) is 0. The molecule has 21 heavy (non-hydrogen) atoms. The molecule has 0 radical (unpaired) electrons. The third-order valence-corrected chi connectivity index (χ3v) is 6.32. The molecule has 1 atom stereocenters. The van der Waals surface area contributed by atoms with Gasteiger partial charge in [-0.25, -0.2) is 8.42 Å². The first-order valence-corrected chi connectivity index (χ1v) is 9.39. The van der Waals surface area contributed by atoms with E-state index in [4.69, 9.17) is 10.5 Å². The SMILES string of the molecule is CC1(C)CC(CN)(N2CCN(S(C)(=O)=O)CC2)C(C)(C)O1. The minimum Gasteiger partial charge on any atom is -0.368 e. The first kappa shape index (κ1) is 17.1. The lowest BCUT2D eigenvalue weighted by Crippen LogP contribution is -2.67. The van der Waals surface area contributed by atoms with Gasteiger partial charge in [-0.2, -0.15) is 4.31 Å². The monoisotopic (exact) mass is 319 g/mol. The van der Waals surface area contributed by atoms with Crippen molar-refractivity contribution in [2.24, 2.45) is 5.73 Å². The normalized spacial score (nSPS) is 34.2. The Balaban J connectivity index is 2.21. The molecule has 2 N–H and O–H groups in total. The maximum atomic E-state index is 11.7. The molecule has 0 saturated carbocycles. The Kier molecular flexibility index (Phi) is 4.22. The van der Waals surface area contributed by atoms with Crippen LogP contribution in [0.3, 0.4) is 0 Å². The highest BCUT2D eigenvalue weighted by atomic mass is 32.2. The molecule has 2 heterocycles. The fourth-order valence-electron chi connectivity index (χ4n) is 4.13. The van der Waals surface area contributed by atoms with Crippen LogP contribution in [0.2, 0.25) is 0 Å². The number of nitrogens with zero attached hydrogens (tertiary/aromatic N) is 2. The maximum Gasteiger partial charge on any atom is 0.211 e. The Morgan fingerprint density at radius 3 is 1.95 bits per heavy atom. The molecule has 2 aliphatic rings. The van der Waals surface area contributed by atoms with E-state index in [2.05, 4.69) is 32.6 Å². The highest BCUT2D eigenvalue weighted by Gasteiger charge is 2.59. The maximum absolute atomic E-state index is 11.7. The molecule has 0 aromatic heterocycles. The van der Waals surface area contributed by atoms with Crippen molar-refractivity contribution in [2.75, 3.05) is 39.0 Å². The van der Waals surface area contributed by atoms with E-state index >= 15 is 0 Å². The molecule has 0 aliphatic carbocycles. The molecule has 0 aromatic carbocycles. The van der Waals surface area contributed by atoms with Gasteiger partial charge in [-0.15, -0.1) is 0 Å². The molecule has 1 unspecified atom stereocenters. The summed E-state index contributed by atoms with van der Waals surface area (Å²) in [6.45, 7) is 11.4. The molecular weight excluding hydrogens is 290 g/mol. The van der Waals surface area contributed by atoms with Gasteiger partial charge in [0.05, 0.1) is 23.0 Å². The van der Waals surface area contributed by atoms with E-state index in [0.717, 1.165) is 6.42 Å². The summed E-state index contributed by atoms with van der Waals surface area (Å²) < 4.78 is 31.1. The van der Waals surface area contributed by atoms with E-state index in [-0.39, 0.29) is 16.7 Å². The molecule has 0 aromatic rings. The summed E-state index contributed by atoms with van der Waals surface area (Å²) in [5, 5.41) is 0. The lowest BCUT2D eigenvalue weighted by Gasteiger charge is -2.50. The Bertz CT molecular complexity index is 496. The standard InChI is InChI=1S/C14H29N3O3S/c1-12(2)10-14(11-15,13(3,4)20-12)16-6-8-17(9-7-16)21(5,18)19/h6-11,15H2,1-5H3. The van der Waals surface area contributed by atoms with Crippen LogP contribution in [0.4, 0.5) is 0 Å². The fourth-order valence-corrected chi connectivity index (χ4v) is 4.95. The van der Waals surface area contributed by atoms with Crippen LogP contribution in [0, 0.1) is 0 Å². The third-order valence-electron chi connectivity index (χ3n) is 5.02. The number of rotatable bonds is 3. The van der Waals surface area contributed by atoms with Crippen LogP contribution in [0.15, 0.2) is 0 Å². The minimum absolute atomic E-state index is 0.211. The number of piperazine rings is 1. The van der Waals surface area contributed by atoms with Crippen molar-refractivity contribution in [3.05, 3.63) is 0 Å². The zero-order valence-corrected chi connectivity index (χ0v) is 14.7. The topological polar surface area (TPSA) is 75.9 Å². The summed E-state index contributed by atoms with van der Waals surface area (Å²) in [6.07, 6.45) is 2.13. The van der Waals surface area contributed by atoms with Crippen LogP contribution in [-0.4, -0.2) is 73.3 Å². The molecule has 2 aliphatic heterocycles. The molecule has 7 heteroatoms. The first-order valence-electron chi connectivity index (χ1n) is 7.54. The van der Waals surface area contributed by atoms with Crippen molar-refractivity contribution < 1.29 is 13.2 Å². The van der Waals surface area contributed by atoms with Gasteiger partial charge in [0, 0.05) is 32.7 Å². The lowest BCUT2D eigenvalue weighted by molar-refractivity contribution is -0.107. The van der Waals surface area contributed by atoms with Crippen molar-refractivity contribution >= 4 is 10.0 Å². The third kappa shape index (κ3) is 2.99. The zero-order valence-electron chi connectivity index (χ0n) is 13.8. The van der Waals surface area contributed by atoms with E-state index in [1.807, 2.05) is 0 Å². The van der Waals surface area contributed by atoms with E-state index in [1.165, 1.54) is 6.26 Å². The number of ether oxygens (including phenoxy) is 1. The summed E-state index contributed by atoms with van der Waals surface area (Å²) >= 11 is 0. The molecule has 2 fully saturated rings. The Morgan fingerprint density at radius 1 is 1.10 bits per heavy atom. The van der Waals surface area contributed by atoms with Gasteiger partial charge in [0.1, 0.15) is 0 Å². The number of hydrogen-bond acceptors (Lipinski definition) is 5. The van der Waals surface area contributed by atoms with E-state index in [0.29, 0.717) is 32.7 Å². The van der Waals surface area contributed by atoms with E-state index < -0.39 is 10.0 Å². The largest absolute Gasteiger partial charge is 0.368 e. The van der Waals surface area contributed by atoms with Gasteiger partial charge in [0.2, 0.25) is 10.0 Å². The van der Waals surface area contributed by atoms with Crippen LogP contribution in [0.5, 0.6) is 0 Å². The van der Waals surface area contributed by atoms with Gasteiger partial charge in [0.15, 0.2) is 0 Å². The van der Waals surface area contributed by atoms with Crippen LogP contribution in [0.25, 0.3) is 0 Å². The summed E-state index contributed by atoms with van der Waals surface area (Å²) in [5.41, 5.74) is 5.37. The Labute approximate surface area is 128 Å². The fraction of sp³-hybridized carbons (Fsp3) is 1.00. The smallest absolute Gasteiger partial charge is 0.211 e. The second-order valence-electron chi connectivity index (χ2n) is 7.43. The molecule has 2 saturated heterocycles. The molecule has 0 bridgehead atoms. The van der Waals surface area contributed by atoms with Gasteiger partial charge < -0.3 is 10.5 Å². The van der Waals surface area contributed by atoms with Gasteiger partial charge in [-0.05, 0) is 34.1 Å². The van der Waals surface area contributed by atoms with Crippen molar-refractivity contribution in [2.45, 2.75) is 50.9 Å². The Hall–Kier alpha value is -0.210. The van der Waals surface area contributed by atoms with Gasteiger partial charge in [-0.1, -0.05) is 0 Å². The van der Waals surface area contributed by atoms with Crippen LogP contribution >= 0.6 is 0 Å². The molecule has 2 rings (SSSR count).